The Morgan fingerprint density at radius 3 is 2.90 bits per heavy atom. The summed E-state index contributed by atoms with van der Waals surface area (Å²) in [5.74, 6) is 1.10. The van der Waals surface area contributed by atoms with Crippen LogP contribution in [-0.2, 0) is 6.42 Å². The number of rotatable bonds is 2. The number of benzene rings is 1. The first-order valence-corrected chi connectivity index (χ1v) is 8.48. The van der Waals surface area contributed by atoms with Crippen molar-refractivity contribution in [3.63, 3.8) is 0 Å². The molecule has 1 N–H and O–H groups in total. The van der Waals surface area contributed by atoms with Crippen LogP contribution in [0.25, 0.3) is 0 Å². The second-order valence-corrected chi connectivity index (χ2v) is 7.20. The normalized spacial score (nSPS) is 31.3. The van der Waals surface area contributed by atoms with E-state index in [9.17, 15) is 0 Å². The molecule has 1 saturated heterocycles. The van der Waals surface area contributed by atoms with Crippen LogP contribution in [0.4, 0.5) is 0 Å². The van der Waals surface area contributed by atoms with Gasteiger partial charge in [-0.05, 0) is 31.4 Å². The molecule has 1 saturated carbocycles. The summed E-state index contributed by atoms with van der Waals surface area (Å²) in [5, 5.41) is 3.83. The summed E-state index contributed by atoms with van der Waals surface area (Å²) in [4.78, 5) is 2.67. The Hall–Kier alpha value is -1.06. The highest BCUT2D eigenvalue weighted by Crippen LogP contribution is 2.34. The van der Waals surface area contributed by atoms with Crippen LogP contribution in [0.3, 0.4) is 0 Å². The standard InChI is InChI=1S/C18H26N2O/c1-14-11-19-18(8-4-5-9-18)13-20(14)12-16-10-15-6-2-3-7-17(15)21-16/h2-3,6-7,14,16,19H,4-5,8-13H2,1H3. The van der Waals surface area contributed by atoms with Crippen molar-refractivity contribution >= 4 is 0 Å². The van der Waals surface area contributed by atoms with Crippen molar-refractivity contribution in [3.8, 4) is 5.75 Å². The predicted molar refractivity (Wildman–Crippen MR) is 84.8 cm³/mol. The highest BCUT2D eigenvalue weighted by atomic mass is 16.5. The number of nitrogens with zero attached hydrogens (tertiary/aromatic N) is 1. The van der Waals surface area contributed by atoms with Gasteiger partial charge in [-0.2, -0.15) is 0 Å². The quantitative estimate of drug-likeness (QED) is 0.904. The van der Waals surface area contributed by atoms with Gasteiger partial charge in [0.1, 0.15) is 11.9 Å². The van der Waals surface area contributed by atoms with E-state index in [2.05, 4.69) is 41.4 Å². The number of nitrogens with one attached hydrogen (secondary N) is 1. The third-order valence-corrected chi connectivity index (χ3v) is 5.61. The molecule has 2 atom stereocenters. The van der Waals surface area contributed by atoms with Gasteiger partial charge in [0.25, 0.3) is 0 Å². The molecule has 4 rings (SSSR count). The van der Waals surface area contributed by atoms with Gasteiger partial charge < -0.3 is 10.1 Å². The maximum Gasteiger partial charge on any atom is 0.123 e. The summed E-state index contributed by atoms with van der Waals surface area (Å²) in [6.07, 6.45) is 6.88. The first kappa shape index (κ1) is 13.6. The molecule has 1 aromatic carbocycles. The van der Waals surface area contributed by atoms with Crippen molar-refractivity contribution < 1.29 is 4.74 Å². The van der Waals surface area contributed by atoms with Crippen LogP contribution in [0.2, 0.25) is 0 Å². The Morgan fingerprint density at radius 2 is 2.10 bits per heavy atom. The molecular weight excluding hydrogens is 260 g/mol. The summed E-state index contributed by atoms with van der Waals surface area (Å²) < 4.78 is 6.15. The minimum absolute atomic E-state index is 0.335. The zero-order chi connectivity index (χ0) is 14.3. The molecule has 21 heavy (non-hydrogen) atoms. The van der Waals surface area contributed by atoms with E-state index in [1.165, 1.54) is 37.8 Å². The van der Waals surface area contributed by atoms with Gasteiger partial charge in [-0.3, -0.25) is 4.90 Å². The third-order valence-electron chi connectivity index (χ3n) is 5.61. The summed E-state index contributed by atoms with van der Waals surface area (Å²) in [5.41, 5.74) is 1.78. The molecule has 2 aliphatic heterocycles. The van der Waals surface area contributed by atoms with Gasteiger partial charge in [-0.1, -0.05) is 31.0 Å². The van der Waals surface area contributed by atoms with Crippen molar-refractivity contribution in [1.29, 1.82) is 0 Å². The lowest BCUT2D eigenvalue weighted by molar-refractivity contribution is 0.0549. The fourth-order valence-electron chi connectivity index (χ4n) is 4.34. The van der Waals surface area contributed by atoms with E-state index in [0.29, 0.717) is 17.7 Å². The van der Waals surface area contributed by atoms with Crippen molar-refractivity contribution in [2.24, 2.45) is 0 Å². The van der Waals surface area contributed by atoms with E-state index in [-0.39, 0.29) is 0 Å². The fourth-order valence-corrected chi connectivity index (χ4v) is 4.34. The molecule has 114 valence electrons. The van der Waals surface area contributed by atoms with E-state index in [1.54, 1.807) is 0 Å². The molecule has 1 aliphatic carbocycles. The van der Waals surface area contributed by atoms with Crippen molar-refractivity contribution in [2.45, 2.75) is 56.7 Å². The number of fused-ring (bicyclic) bond motifs is 1. The second kappa shape index (κ2) is 5.29. The molecule has 3 aliphatic rings. The number of piperazine rings is 1. The SMILES string of the molecule is CC1CNC2(CCCC2)CN1CC1Cc2ccccc2O1. The van der Waals surface area contributed by atoms with E-state index in [4.69, 9.17) is 4.74 Å². The van der Waals surface area contributed by atoms with Gasteiger partial charge in [0.05, 0.1) is 0 Å². The van der Waals surface area contributed by atoms with E-state index >= 15 is 0 Å². The Labute approximate surface area is 127 Å². The first-order valence-electron chi connectivity index (χ1n) is 8.48. The molecule has 2 heterocycles. The van der Waals surface area contributed by atoms with Gasteiger partial charge in [-0.25, -0.2) is 0 Å². The van der Waals surface area contributed by atoms with Crippen molar-refractivity contribution in [1.82, 2.24) is 10.2 Å². The fraction of sp³-hybridized carbons (Fsp3) is 0.667. The maximum absolute atomic E-state index is 6.15. The summed E-state index contributed by atoms with van der Waals surface area (Å²) in [6, 6.07) is 9.11. The molecule has 1 spiro atoms. The highest BCUT2D eigenvalue weighted by molar-refractivity contribution is 5.37. The van der Waals surface area contributed by atoms with Gasteiger partial charge in [0.15, 0.2) is 0 Å². The molecule has 1 aromatic rings. The molecule has 0 amide bonds. The van der Waals surface area contributed by atoms with Gasteiger partial charge in [0.2, 0.25) is 0 Å². The lowest BCUT2D eigenvalue weighted by atomic mass is 9.92. The Kier molecular flexibility index (Phi) is 3.43. The van der Waals surface area contributed by atoms with Crippen LogP contribution in [0.1, 0.15) is 38.2 Å². The molecule has 3 heteroatoms. The molecular formula is C18H26N2O. The summed E-state index contributed by atoms with van der Waals surface area (Å²) in [7, 11) is 0. The van der Waals surface area contributed by atoms with Gasteiger partial charge in [0, 0.05) is 37.6 Å². The number of ether oxygens (including phenoxy) is 1. The Morgan fingerprint density at radius 1 is 1.29 bits per heavy atom. The first-order chi connectivity index (χ1) is 10.2. The second-order valence-electron chi connectivity index (χ2n) is 7.20. The highest BCUT2D eigenvalue weighted by Gasteiger charge is 2.40. The van der Waals surface area contributed by atoms with Crippen LogP contribution >= 0.6 is 0 Å². The minimum Gasteiger partial charge on any atom is -0.488 e. The third kappa shape index (κ3) is 2.58. The molecule has 3 nitrogen and oxygen atoms in total. The van der Waals surface area contributed by atoms with Gasteiger partial charge >= 0.3 is 0 Å². The van der Waals surface area contributed by atoms with Crippen molar-refractivity contribution in [3.05, 3.63) is 29.8 Å². The predicted octanol–water partition coefficient (Wildman–Crippen LogP) is 2.60. The minimum atomic E-state index is 0.335. The van der Waals surface area contributed by atoms with E-state index < -0.39 is 0 Å². The maximum atomic E-state index is 6.15. The monoisotopic (exact) mass is 286 g/mol. The van der Waals surface area contributed by atoms with Crippen LogP contribution in [-0.4, -0.2) is 42.2 Å². The van der Waals surface area contributed by atoms with E-state index in [1.807, 2.05) is 0 Å². The summed E-state index contributed by atoms with van der Waals surface area (Å²) >= 11 is 0. The summed E-state index contributed by atoms with van der Waals surface area (Å²) in [6.45, 7) is 5.74. The lowest BCUT2D eigenvalue weighted by Gasteiger charge is -2.46. The largest absolute Gasteiger partial charge is 0.488 e. The lowest BCUT2D eigenvalue weighted by Crippen LogP contribution is -2.63. The zero-order valence-corrected chi connectivity index (χ0v) is 13.0. The average molecular weight is 286 g/mol. The van der Waals surface area contributed by atoms with E-state index in [0.717, 1.165) is 25.3 Å². The van der Waals surface area contributed by atoms with Crippen LogP contribution in [0, 0.1) is 0 Å². The van der Waals surface area contributed by atoms with Crippen LogP contribution in [0.15, 0.2) is 24.3 Å². The Bertz CT molecular complexity index is 485. The van der Waals surface area contributed by atoms with Crippen LogP contribution in [0.5, 0.6) is 5.75 Å². The van der Waals surface area contributed by atoms with Crippen LogP contribution < -0.4 is 10.1 Å². The molecule has 0 bridgehead atoms. The zero-order valence-electron chi connectivity index (χ0n) is 13.0. The van der Waals surface area contributed by atoms with Crippen molar-refractivity contribution in [2.75, 3.05) is 19.6 Å². The molecule has 2 fully saturated rings. The average Bonchev–Trinajstić information content (AvgIpc) is 3.09. The molecule has 0 radical (unpaired) electrons. The Balaban J connectivity index is 1.42. The smallest absolute Gasteiger partial charge is 0.123 e. The van der Waals surface area contributed by atoms with Gasteiger partial charge in [-0.15, -0.1) is 0 Å². The molecule has 2 unspecified atom stereocenters. The molecule has 0 aromatic heterocycles. The number of hydrogen-bond donors (Lipinski definition) is 1. The number of para-hydroxylation sites is 1. The number of hydrogen-bond acceptors (Lipinski definition) is 3. The topological polar surface area (TPSA) is 24.5 Å².